The largest absolute Gasteiger partial charge is 0.180 e. The molecule has 0 amide bonds. The molecule has 0 N–H and O–H groups in total. The Morgan fingerprint density at radius 3 is 1.75 bits per heavy atom. The average Bonchev–Trinajstić information content (AvgIpc) is 0.918. The molecule has 0 aromatic heterocycles. The molecule has 2 heteroatoms. The zero-order chi connectivity index (χ0) is 2.71. The Bertz CT molecular complexity index is 6.00. The van der Waals surface area contributed by atoms with Crippen LogP contribution >= 0.6 is 12.6 Å². The maximum Gasteiger partial charge on any atom is 0 e. The van der Waals surface area contributed by atoms with Crippen LogP contribution in [0.25, 0.3) is 0 Å². The van der Waals surface area contributed by atoms with Crippen LogP contribution < -0.4 is 6.15 Å². The Kier molecular flexibility index (Phi) is 22.8. The standard InChI is InChI=1S/C2H6S.N/c1-2-3;/h3H,2H2,1H3;. The van der Waals surface area contributed by atoms with Crippen molar-refractivity contribution >= 4 is 12.6 Å². The summed E-state index contributed by atoms with van der Waals surface area (Å²) in [6.07, 6.45) is 0. The highest BCUT2D eigenvalue weighted by Gasteiger charge is 1.35. The average molecular weight is 76.1 g/mol. The molecule has 0 heterocycles. The Balaban J connectivity index is 0. The molecule has 0 aliphatic heterocycles. The van der Waals surface area contributed by atoms with Crippen molar-refractivity contribution in [3.05, 3.63) is 0 Å². The van der Waals surface area contributed by atoms with E-state index in [0.29, 0.717) is 0 Å². The van der Waals surface area contributed by atoms with E-state index in [2.05, 4.69) is 12.6 Å². The van der Waals surface area contributed by atoms with E-state index in [4.69, 9.17) is 0 Å². The van der Waals surface area contributed by atoms with Gasteiger partial charge in [-0.3, -0.25) is 0 Å². The lowest BCUT2D eigenvalue weighted by Gasteiger charge is -1.48. The Hall–Kier alpha value is 0.310. The van der Waals surface area contributed by atoms with Crippen LogP contribution in [0.3, 0.4) is 0 Å². The SMILES string of the molecule is CCS.[N]. The third-order valence-corrected chi connectivity index (χ3v) is 0. The van der Waals surface area contributed by atoms with Crippen molar-refractivity contribution in [2.75, 3.05) is 5.75 Å². The molecule has 0 spiro atoms. The van der Waals surface area contributed by atoms with Crippen LogP contribution in [0.2, 0.25) is 0 Å². The first-order chi connectivity index (χ1) is 1.41. The summed E-state index contributed by atoms with van der Waals surface area (Å²) in [5.74, 6) is 0.944. The topological polar surface area (TPSA) is 30.5 Å². The molecule has 0 saturated heterocycles. The predicted octanol–water partition coefficient (Wildman–Crippen LogP) is 0.455. The minimum Gasteiger partial charge on any atom is -0.180 e. The molecular weight excluding hydrogens is 70.1 g/mol. The van der Waals surface area contributed by atoms with Crippen LogP contribution in [-0.4, -0.2) is 5.75 Å². The number of hydrogen-bond acceptors (Lipinski definition) is 1. The molecule has 0 aromatic carbocycles. The van der Waals surface area contributed by atoms with Gasteiger partial charge >= 0.3 is 0 Å². The lowest BCUT2D eigenvalue weighted by atomic mass is 11.0. The van der Waals surface area contributed by atoms with E-state index in [1.54, 1.807) is 0 Å². The summed E-state index contributed by atoms with van der Waals surface area (Å²) >= 11 is 3.79. The van der Waals surface area contributed by atoms with Crippen LogP contribution in [0, 0.1) is 0 Å². The van der Waals surface area contributed by atoms with E-state index in [1.807, 2.05) is 6.92 Å². The maximum absolute atomic E-state index is 3.79. The molecular formula is C2H6NS. The van der Waals surface area contributed by atoms with E-state index in [9.17, 15) is 0 Å². The monoisotopic (exact) mass is 76.0 g/mol. The second-order valence-electron chi connectivity index (χ2n) is 0.316. The van der Waals surface area contributed by atoms with Gasteiger partial charge in [-0.05, 0) is 5.75 Å². The molecule has 25 valence electrons. The third kappa shape index (κ3) is 41.3. The first-order valence-corrected chi connectivity index (χ1v) is 1.66. The van der Waals surface area contributed by atoms with E-state index in [0.717, 1.165) is 5.75 Å². The zero-order valence-corrected chi connectivity index (χ0v) is 3.50. The number of rotatable bonds is 0. The second-order valence-corrected chi connectivity index (χ2v) is 0.949. The third-order valence-electron chi connectivity index (χ3n) is 0. The van der Waals surface area contributed by atoms with E-state index in [-0.39, 0.29) is 6.15 Å². The van der Waals surface area contributed by atoms with Crippen LogP contribution in [0.5, 0.6) is 0 Å². The first kappa shape index (κ1) is 8.85. The molecule has 1 nitrogen and oxygen atoms in total. The van der Waals surface area contributed by atoms with Crippen molar-refractivity contribution < 1.29 is 0 Å². The Morgan fingerprint density at radius 2 is 1.75 bits per heavy atom. The lowest BCUT2D eigenvalue weighted by molar-refractivity contribution is 1.54. The summed E-state index contributed by atoms with van der Waals surface area (Å²) in [5.41, 5.74) is 0. The molecule has 0 aromatic rings. The summed E-state index contributed by atoms with van der Waals surface area (Å²) in [7, 11) is 0. The summed E-state index contributed by atoms with van der Waals surface area (Å²) in [4.78, 5) is 0. The van der Waals surface area contributed by atoms with E-state index < -0.39 is 0 Å². The van der Waals surface area contributed by atoms with Crippen molar-refractivity contribution in [1.82, 2.24) is 6.15 Å². The molecule has 0 rings (SSSR count). The molecule has 4 heavy (non-hydrogen) atoms. The summed E-state index contributed by atoms with van der Waals surface area (Å²) in [6.45, 7) is 1.99. The van der Waals surface area contributed by atoms with Gasteiger partial charge in [0, 0.05) is 6.15 Å². The Labute approximate surface area is 32.4 Å². The fourth-order valence-electron chi connectivity index (χ4n) is 0. The normalized spacial score (nSPS) is 4.50. The molecule has 0 saturated carbocycles. The van der Waals surface area contributed by atoms with Crippen LogP contribution in [0.4, 0.5) is 0 Å². The second kappa shape index (κ2) is 10.3. The van der Waals surface area contributed by atoms with Gasteiger partial charge in [0.1, 0.15) is 0 Å². The van der Waals surface area contributed by atoms with Crippen LogP contribution in [0.15, 0.2) is 0 Å². The molecule has 0 aliphatic rings. The minimum absolute atomic E-state index is 0. The van der Waals surface area contributed by atoms with Gasteiger partial charge in [0.2, 0.25) is 0 Å². The fourth-order valence-corrected chi connectivity index (χ4v) is 0. The van der Waals surface area contributed by atoms with Gasteiger partial charge in [0.05, 0.1) is 0 Å². The van der Waals surface area contributed by atoms with E-state index >= 15 is 0 Å². The first-order valence-electron chi connectivity index (χ1n) is 1.02. The van der Waals surface area contributed by atoms with Gasteiger partial charge in [-0.2, -0.15) is 12.6 Å². The summed E-state index contributed by atoms with van der Waals surface area (Å²) < 4.78 is 0. The predicted molar refractivity (Wildman–Crippen MR) is 21.7 cm³/mol. The van der Waals surface area contributed by atoms with Crippen molar-refractivity contribution in [1.29, 1.82) is 0 Å². The van der Waals surface area contributed by atoms with Gasteiger partial charge in [-0.25, -0.2) is 0 Å². The highest BCUT2D eigenvalue weighted by Crippen LogP contribution is 1.58. The smallest absolute Gasteiger partial charge is 0 e. The number of hydrogen-bond donors (Lipinski definition) is 1. The van der Waals surface area contributed by atoms with Crippen molar-refractivity contribution in [2.45, 2.75) is 6.92 Å². The van der Waals surface area contributed by atoms with Crippen molar-refractivity contribution in [3.8, 4) is 0 Å². The Morgan fingerprint density at radius 1 is 1.75 bits per heavy atom. The molecule has 0 bridgehead atoms. The molecule has 0 atom stereocenters. The quantitative estimate of drug-likeness (QED) is 0.406. The van der Waals surface area contributed by atoms with Crippen LogP contribution in [-0.2, 0) is 0 Å². The van der Waals surface area contributed by atoms with Gasteiger partial charge < -0.3 is 0 Å². The van der Waals surface area contributed by atoms with Crippen molar-refractivity contribution in [3.63, 3.8) is 0 Å². The summed E-state index contributed by atoms with van der Waals surface area (Å²) in [5, 5.41) is 0. The lowest BCUT2D eigenvalue weighted by Crippen LogP contribution is -1.36. The molecule has 3 radical (unpaired) electrons. The van der Waals surface area contributed by atoms with Gasteiger partial charge in [-0.15, -0.1) is 0 Å². The van der Waals surface area contributed by atoms with Crippen molar-refractivity contribution in [2.24, 2.45) is 0 Å². The van der Waals surface area contributed by atoms with E-state index in [1.165, 1.54) is 0 Å². The fraction of sp³-hybridized carbons (Fsp3) is 1.00. The minimum atomic E-state index is 0. The zero-order valence-electron chi connectivity index (χ0n) is 2.60. The molecule has 0 unspecified atom stereocenters. The number of thiol groups is 1. The summed E-state index contributed by atoms with van der Waals surface area (Å²) in [6, 6.07) is 0. The number of nitrogens with zero attached hydrogens (tertiary/aromatic N) is 1. The molecule has 0 fully saturated rings. The van der Waals surface area contributed by atoms with Gasteiger partial charge in [0.25, 0.3) is 0 Å². The van der Waals surface area contributed by atoms with Gasteiger partial charge in [-0.1, -0.05) is 6.92 Å². The molecule has 0 aliphatic carbocycles. The van der Waals surface area contributed by atoms with Gasteiger partial charge in [0.15, 0.2) is 0 Å². The van der Waals surface area contributed by atoms with Crippen LogP contribution in [0.1, 0.15) is 6.92 Å². The highest BCUT2D eigenvalue weighted by molar-refractivity contribution is 7.80. The highest BCUT2D eigenvalue weighted by atomic mass is 32.1. The maximum atomic E-state index is 3.79.